The summed E-state index contributed by atoms with van der Waals surface area (Å²) in [4.78, 5) is 61.7. The Labute approximate surface area is 246 Å². The lowest BCUT2D eigenvalue weighted by Gasteiger charge is -2.13. The molecule has 2 aromatic carbocycles. The third-order valence-corrected chi connectivity index (χ3v) is 7.27. The Bertz CT molecular complexity index is 1730. The molecule has 43 heavy (non-hydrogen) atoms. The average Bonchev–Trinajstić information content (AvgIpc) is 3.51. The lowest BCUT2D eigenvalue weighted by atomic mass is 10.1. The minimum atomic E-state index is -0.845. The van der Waals surface area contributed by atoms with E-state index in [0.717, 1.165) is 35.1 Å². The number of phenolic OH excluding ortho intramolecular Hbond substituents is 2. The molecule has 1 saturated heterocycles. The number of hydrogen-bond acceptors (Lipinski definition) is 10. The number of para-hydroxylation sites is 1. The number of nitrogens with two attached hydrogens (primary N) is 1. The number of hydrogen-bond donors (Lipinski definition) is 4. The van der Waals surface area contributed by atoms with Crippen molar-refractivity contribution in [2.75, 3.05) is 5.73 Å². The fourth-order valence-corrected chi connectivity index (χ4v) is 5.00. The first-order valence-electron chi connectivity index (χ1n) is 14.1. The van der Waals surface area contributed by atoms with Crippen LogP contribution in [0.4, 0.5) is 5.82 Å². The van der Waals surface area contributed by atoms with E-state index in [4.69, 9.17) is 15.6 Å². The molecule has 3 amide bonds. The summed E-state index contributed by atoms with van der Waals surface area (Å²) in [5, 5.41) is 24.5. The van der Waals surface area contributed by atoms with Crippen LogP contribution in [0.3, 0.4) is 0 Å². The van der Waals surface area contributed by atoms with Gasteiger partial charge in [0.1, 0.15) is 11.3 Å². The number of hydroxylamine groups is 2. The number of aromatic nitrogens is 3. The Hall–Kier alpha value is -5.20. The number of carbonyl (C=O) groups excluding carboxylic acids is 4. The highest BCUT2D eigenvalue weighted by Gasteiger charge is 2.32. The Kier molecular flexibility index (Phi) is 8.41. The summed E-state index contributed by atoms with van der Waals surface area (Å²) < 4.78 is 1.99. The number of imidazole rings is 1. The summed E-state index contributed by atoms with van der Waals surface area (Å²) >= 11 is 0. The van der Waals surface area contributed by atoms with Gasteiger partial charge in [-0.3, -0.25) is 14.4 Å². The lowest BCUT2D eigenvalue weighted by molar-refractivity contribution is -0.197. The number of anilines is 1. The van der Waals surface area contributed by atoms with Crippen LogP contribution in [-0.4, -0.2) is 53.5 Å². The van der Waals surface area contributed by atoms with Crippen molar-refractivity contribution in [2.45, 2.75) is 65.0 Å². The number of imide groups is 1. The van der Waals surface area contributed by atoms with Crippen LogP contribution in [0.25, 0.3) is 21.9 Å². The highest BCUT2D eigenvalue weighted by Crippen LogP contribution is 2.34. The lowest BCUT2D eigenvalue weighted by Crippen LogP contribution is -2.32. The molecule has 1 aliphatic rings. The molecule has 5 rings (SSSR count). The van der Waals surface area contributed by atoms with Gasteiger partial charge in [0, 0.05) is 43.2 Å². The number of unbranched alkanes of at least 4 members (excludes halogenated alkanes) is 1. The second-order valence-electron chi connectivity index (χ2n) is 10.4. The van der Waals surface area contributed by atoms with Crippen molar-refractivity contribution >= 4 is 51.4 Å². The van der Waals surface area contributed by atoms with Gasteiger partial charge in [0.2, 0.25) is 5.91 Å². The Morgan fingerprint density at radius 1 is 1.07 bits per heavy atom. The molecule has 13 nitrogen and oxygen atoms in total. The number of aryl methyl sites for hydroxylation is 1. The third-order valence-electron chi connectivity index (χ3n) is 7.27. The quantitative estimate of drug-likeness (QED) is 0.150. The van der Waals surface area contributed by atoms with Crippen molar-refractivity contribution in [1.82, 2.24) is 24.9 Å². The van der Waals surface area contributed by atoms with E-state index in [1.807, 2.05) is 16.7 Å². The molecule has 3 heterocycles. The molecule has 0 saturated carbocycles. The van der Waals surface area contributed by atoms with Gasteiger partial charge in [0.15, 0.2) is 17.3 Å². The molecule has 0 spiro atoms. The van der Waals surface area contributed by atoms with Crippen molar-refractivity contribution in [2.24, 2.45) is 0 Å². The molecular weight excluding hydrogens is 556 g/mol. The Morgan fingerprint density at radius 2 is 1.84 bits per heavy atom. The van der Waals surface area contributed by atoms with Gasteiger partial charge in [-0.1, -0.05) is 37.6 Å². The molecule has 224 valence electrons. The summed E-state index contributed by atoms with van der Waals surface area (Å²) in [6, 6.07) is 10.3. The maximum atomic E-state index is 12.4. The molecule has 1 aliphatic heterocycles. The molecule has 0 aliphatic carbocycles. The number of benzene rings is 2. The van der Waals surface area contributed by atoms with E-state index in [-0.39, 0.29) is 56.1 Å². The largest absolute Gasteiger partial charge is 0.504 e. The predicted octanol–water partition coefficient (Wildman–Crippen LogP) is 2.97. The molecule has 4 aromatic rings. The van der Waals surface area contributed by atoms with Gasteiger partial charge in [0.25, 0.3) is 11.8 Å². The summed E-state index contributed by atoms with van der Waals surface area (Å²) in [6.07, 6.45) is 2.06. The first-order chi connectivity index (χ1) is 20.7. The van der Waals surface area contributed by atoms with Gasteiger partial charge in [-0.05, 0) is 24.1 Å². The zero-order valence-electron chi connectivity index (χ0n) is 23.6. The highest BCUT2D eigenvalue weighted by atomic mass is 16.7. The standard InChI is InChI=1S/C30H32N6O7/c1-2-3-7-22-34-27-28(35(22)16-18-5-4-6-21(37)29(18)42)19-9-8-17(14-20(19)33-30(27)31)15-32-23(38)10-13-26(41)43-36-24(39)11-12-25(36)40/h4-6,8-9,14,37,42H,2-3,7,10-13,15-16H2,1H3,(H2,31,33)(H,32,38). The van der Waals surface area contributed by atoms with Crippen LogP contribution >= 0.6 is 0 Å². The van der Waals surface area contributed by atoms with Crippen LogP contribution in [0.2, 0.25) is 0 Å². The van der Waals surface area contributed by atoms with Crippen LogP contribution in [0.15, 0.2) is 36.4 Å². The second-order valence-corrected chi connectivity index (χ2v) is 10.4. The monoisotopic (exact) mass is 588 g/mol. The van der Waals surface area contributed by atoms with Crippen molar-refractivity contribution in [3.05, 3.63) is 53.3 Å². The summed E-state index contributed by atoms with van der Waals surface area (Å²) in [5.74, 6) is -1.79. The van der Waals surface area contributed by atoms with E-state index in [0.29, 0.717) is 28.1 Å². The number of nitrogens with zero attached hydrogens (tertiary/aromatic N) is 4. The molecule has 0 unspecified atom stereocenters. The van der Waals surface area contributed by atoms with E-state index < -0.39 is 23.7 Å². The molecule has 1 fully saturated rings. The first kappa shape index (κ1) is 29.3. The van der Waals surface area contributed by atoms with Crippen molar-refractivity contribution in [3.63, 3.8) is 0 Å². The van der Waals surface area contributed by atoms with Crippen LogP contribution in [0, 0.1) is 0 Å². The summed E-state index contributed by atoms with van der Waals surface area (Å²) in [5.41, 5.74) is 9.51. The van der Waals surface area contributed by atoms with E-state index in [1.165, 1.54) is 6.07 Å². The number of pyridine rings is 1. The molecule has 0 bridgehead atoms. The van der Waals surface area contributed by atoms with Gasteiger partial charge in [0.05, 0.1) is 24.0 Å². The topological polar surface area (TPSA) is 190 Å². The van der Waals surface area contributed by atoms with Crippen LogP contribution < -0.4 is 11.1 Å². The molecule has 13 heteroatoms. The summed E-state index contributed by atoms with van der Waals surface area (Å²) in [6.45, 7) is 2.50. The van der Waals surface area contributed by atoms with Crippen molar-refractivity contribution < 1.29 is 34.2 Å². The maximum Gasteiger partial charge on any atom is 0.333 e. The van der Waals surface area contributed by atoms with Gasteiger partial charge >= 0.3 is 5.97 Å². The number of nitrogens with one attached hydrogen (secondary N) is 1. The second kappa shape index (κ2) is 12.3. The van der Waals surface area contributed by atoms with E-state index >= 15 is 0 Å². The van der Waals surface area contributed by atoms with Crippen LogP contribution in [0.1, 0.15) is 62.4 Å². The van der Waals surface area contributed by atoms with Crippen molar-refractivity contribution in [1.29, 1.82) is 0 Å². The zero-order chi connectivity index (χ0) is 30.7. The highest BCUT2D eigenvalue weighted by molar-refractivity contribution is 6.07. The average molecular weight is 589 g/mol. The number of carbonyl (C=O) groups is 4. The Balaban J connectivity index is 1.34. The zero-order valence-corrected chi connectivity index (χ0v) is 23.6. The number of aromatic hydroxyl groups is 2. The molecule has 0 atom stereocenters. The van der Waals surface area contributed by atoms with Gasteiger partial charge in [-0.15, -0.1) is 5.06 Å². The fourth-order valence-electron chi connectivity index (χ4n) is 5.00. The molecule has 2 aromatic heterocycles. The number of rotatable bonds is 11. The van der Waals surface area contributed by atoms with E-state index in [2.05, 4.69) is 17.2 Å². The minimum Gasteiger partial charge on any atom is -0.504 e. The molecular formula is C30H32N6O7. The molecule has 5 N–H and O–H groups in total. The first-order valence-corrected chi connectivity index (χ1v) is 14.1. The maximum absolute atomic E-state index is 12.4. The van der Waals surface area contributed by atoms with E-state index in [9.17, 15) is 29.4 Å². The minimum absolute atomic E-state index is 0.00604. The normalized spacial score (nSPS) is 13.3. The van der Waals surface area contributed by atoms with Gasteiger partial charge < -0.3 is 30.7 Å². The molecule has 0 radical (unpaired) electrons. The predicted molar refractivity (Wildman–Crippen MR) is 155 cm³/mol. The van der Waals surface area contributed by atoms with Gasteiger partial charge in [-0.2, -0.15) is 0 Å². The fraction of sp³-hybridized carbons (Fsp3) is 0.333. The summed E-state index contributed by atoms with van der Waals surface area (Å²) in [7, 11) is 0. The number of phenols is 2. The smallest absolute Gasteiger partial charge is 0.333 e. The van der Waals surface area contributed by atoms with Crippen LogP contribution in [-0.2, 0) is 43.5 Å². The number of amides is 3. The SMILES string of the molecule is CCCCc1nc2c(N)nc3cc(CNC(=O)CCC(=O)ON4C(=O)CCC4=O)ccc3c2n1Cc1cccc(O)c1O. The third kappa shape index (κ3) is 6.20. The Morgan fingerprint density at radius 3 is 2.58 bits per heavy atom. The van der Waals surface area contributed by atoms with E-state index in [1.54, 1.807) is 18.2 Å². The number of fused-ring (bicyclic) bond motifs is 3. The van der Waals surface area contributed by atoms with Crippen molar-refractivity contribution in [3.8, 4) is 11.5 Å². The van der Waals surface area contributed by atoms with Gasteiger partial charge in [-0.25, -0.2) is 14.8 Å². The van der Waals surface area contributed by atoms with Crippen LogP contribution in [0.5, 0.6) is 11.5 Å². The number of nitrogen functional groups attached to an aromatic ring is 1.